The first-order chi connectivity index (χ1) is 17.1. The molecule has 1 aliphatic rings. The number of amides is 1. The van der Waals surface area contributed by atoms with E-state index in [0.29, 0.717) is 24.5 Å². The Labute approximate surface area is 203 Å². The molecule has 35 heavy (non-hydrogen) atoms. The van der Waals surface area contributed by atoms with E-state index in [-0.39, 0.29) is 17.8 Å². The van der Waals surface area contributed by atoms with Crippen LogP contribution in [0.1, 0.15) is 30.5 Å². The molecule has 0 saturated heterocycles. The van der Waals surface area contributed by atoms with Crippen LogP contribution >= 0.6 is 0 Å². The molecule has 2 N–H and O–H groups in total. The van der Waals surface area contributed by atoms with E-state index in [1.54, 1.807) is 24.3 Å². The van der Waals surface area contributed by atoms with Crippen LogP contribution in [0.15, 0.2) is 96.4 Å². The predicted molar refractivity (Wildman–Crippen MR) is 136 cm³/mol. The molecule has 0 aliphatic carbocycles. The Hall–Kier alpha value is -4.32. The van der Waals surface area contributed by atoms with Crippen LogP contribution in [-0.4, -0.2) is 28.4 Å². The summed E-state index contributed by atoms with van der Waals surface area (Å²) in [5, 5.41) is 11.9. The van der Waals surface area contributed by atoms with Gasteiger partial charge < -0.3 is 14.8 Å². The lowest BCUT2D eigenvalue weighted by molar-refractivity contribution is -0.118. The highest BCUT2D eigenvalue weighted by molar-refractivity contribution is 6.17. The van der Waals surface area contributed by atoms with E-state index in [0.717, 1.165) is 22.0 Å². The van der Waals surface area contributed by atoms with Gasteiger partial charge in [-0.1, -0.05) is 48.5 Å². The standard InChI is InChI=1S/C29H26N2O4/c1-2-35-21-15-13-20(14-16-21)31-27(23-18-30-24-11-7-6-10-22(23)24)26(28(33)29(31)34)25(32)17-12-19-8-4-3-5-9-19/h3-11,13-16,18,27,30,33H,2,12,17H2,1H3. The van der Waals surface area contributed by atoms with Gasteiger partial charge in [0.2, 0.25) is 0 Å². The Balaban J connectivity index is 1.56. The zero-order valence-electron chi connectivity index (χ0n) is 19.4. The number of H-pyrrole nitrogens is 1. The van der Waals surface area contributed by atoms with E-state index in [4.69, 9.17) is 4.74 Å². The number of anilines is 1. The van der Waals surface area contributed by atoms with Gasteiger partial charge in [0.25, 0.3) is 5.91 Å². The minimum Gasteiger partial charge on any atom is -0.503 e. The minimum absolute atomic E-state index is 0.129. The van der Waals surface area contributed by atoms with Crippen LogP contribution in [0, 0.1) is 0 Å². The number of Topliss-reactive ketones (excluding diaryl/α,β-unsaturated/α-hetero) is 1. The molecule has 3 aromatic carbocycles. The van der Waals surface area contributed by atoms with Gasteiger partial charge in [-0.15, -0.1) is 0 Å². The Morgan fingerprint density at radius 2 is 1.71 bits per heavy atom. The quantitative estimate of drug-likeness (QED) is 0.351. The maximum atomic E-state index is 13.5. The third-order valence-electron chi connectivity index (χ3n) is 6.33. The summed E-state index contributed by atoms with van der Waals surface area (Å²) in [5.74, 6) is -0.647. The van der Waals surface area contributed by atoms with Crippen LogP contribution in [0.4, 0.5) is 5.69 Å². The van der Waals surface area contributed by atoms with Crippen LogP contribution in [0.25, 0.3) is 10.9 Å². The van der Waals surface area contributed by atoms with Crippen LogP contribution in [0.5, 0.6) is 5.75 Å². The molecule has 2 heterocycles. The Bertz CT molecular complexity index is 1400. The van der Waals surface area contributed by atoms with Crippen molar-refractivity contribution in [1.29, 1.82) is 0 Å². The Kier molecular flexibility index (Phi) is 6.10. The number of nitrogens with one attached hydrogen (secondary N) is 1. The third-order valence-corrected chi connectivity index (χ3v) is 6.33. The van der Waals surface area contributed by atoms with Crippen molar-refractivity contribution in [3.8, 4) is 5.75 Å². The van der Waals surface area contributed by atoms with E-state index in [9.17, 15) is 14.7 Å². The van der Waals surface area contributed by atoms with Gasteiger partial charge in [0.1, 0.15) is 5.75 Å². The number of ketones is 1. The number of hydrogen-bond donors (Lipinski definition) is 2. The fourth-order valence-electron chi connectivity index (χ4n) is 4.68. The number of rotatable bonds is 8. The molecule has 0 spiro atoms. The molecule has 176 valence electrons. The van der Waals surface area contributed by atoms with Gasteiger partial charge >= 0.3 is 0 Å². The summed E-state index contributed by atoms with van der Waals surface area (Å²) in [7, 11) is 0. The van der Waals surface area contributed by atoms with Crippen molar-refractivity contribution in [2.24, 2.45) is 0 Å². The molecular formula is C29H26N2O4. The highest BCUT2D eigenvalue weighted by atomic mass is 16.5. The number of aliphatic hydroxyl groups is 1. The number of aryl methyl sites for hydroxylation is 1. The second kappa shape index (κ2) is 9.50. The first-order valence-electron chi connectivity index (χ1n) is 11.7. The van der Waals surface area contributed by atoms with Crippen molar-refractivity contribution in [2.45, 2.75) is 25.8 Å². The summed E-state index contributed by atoms with van der Waals surface area (Å²) in [4.78, 5) is 31.6. The van der Waals surface area contributed by atoms with Crippen LogP contribution in [0.3, 0.4) is 0 Å². The molecule has 0 radical (unpaired) electrons. The summed E-state index contributed by atoms with van der Waals surface area (Å²) in [5.41, 5.74) is 3.38. The SMILES string of the molecule is CCOc1ccc(N2C(=O)C(O)=C(C(=O)CCc3ccccc3)C2c2c[nH]c3ccccc23)cc1. The van der Waals surface area contributed by atoms with Crippen LogP contribution in [-0.2, 0) is 16.0 Å². The lowest BCUT2D eigenvalue weighted by atomic mass is 9.92. The van der Waals surface area contributed by atoms with E-state index >= 15 is 0 Å². The number of carbonyl (C=O) groups is 2. The molecule has 1 amide bonds. The Morgan fingerprint density at radius 1 is 1.00 bits per heavy atom. The lowest BCUT2D eigenvalue weighted by Crippen LogP contribution is -2.31. The number of nitrogens with zero attached hydrogens (tertiary/aromatic N) is 1. The average Bonchev–Trinajstić information content (AvgIpc) is 3.42. The third kappa shape index (κ3) is 4.19. The lowest BCUT2D eigenvalue weighted by Gasteiger charge is -2.26. The van der Waals surface area contributed by atoms with E-state index in [1.165, 1.54) is 4.90 Å². The molecular weight excluding hydrogens is 440 g/mol. The van der Waals surface area contributed by atoms with Gasteiger partial charge in [0, 0.05) is 34.8 Å². The van der Waals surface area contributed by atoms with Crippen molar-refractivity contribution in [1.82, 2.24) is 4.98 Å². The van der Waals surface area contributed by atoms with E-state index < -0.39 is 17.7 Å². The first kappa shape index (κ1) is 22.5. The number of aromatic nitrogens is 1. The van der Waals surface area contributed by atoms with Crippen molar-refractivity contribution in [2.75, 3.05) is 11.5 Å². The molecule has 1 aromatic heterocycles. The van der Waals surface area contributed by atoms with E-state index in [1.807, 2.05) is 67.7 Å². The Morgan fingerprint density at radius 3 is 2.46 bits per heavy atom. The fourth-order valence-corrected chi connectivity index (χ4v) is 4.68. The number of carbonyl (C=O) groups excluding carboxylic acids is 2. The molecule has 6 nitrogen and oxygen atoms in total. The van der Waals surface area contributed by atoms with Crippen LogP contribution in [0.2, 0.25) is 0 Å². The molecule has 1 unspecified atom stereocenters. The van der Waals surface area contributed by atoms with Gasteiger partial charge in [-0.25, -0.2) is 0 Å². The summed E-state index contributed by atoms with van der Waals surface area (Å²) >= 11 is 0. The number of ether oxygens (including phenoxy) is 1. The van der Waals surface area contributed by atoms with Gasteiger partial charge in [-0.05, 0) is 49.2 Å². The van der Waals surface area contributed by atoms with Gasteiger partial charge in [0.05, 0.1) is 18.2 Å². The maximum Gasteiger partial charge on any atom is 0.294 e. The van der Waals surface area contributed by atoms with Crippen LogP contribution < -0.4 is 9.64 Å². The average molecular weight is 467 g/mol. The molecule has 0 fully saturated rings. The zero-order valence-corrected chi connectivity index (χ0v) is 19.4. The van der Waals surface area contributed by atoms with Crippen molar-refractivity contribution in [3.05, 3.63) is 108 Å². The molecule has 1 aliphatic heterocycles. The largest absolute Gasteiger partial charge is 0.503 e. The topological polar surface area (TPSA) is 82.6 Å². The van der Waals surface area contributed by atoms with Gasteiger partial charge in [0.15, 0.2) is 11.5 Å². The molecule has 4 aromatic rings. The highest BCUT2D eigenvalue weighted by Gasteiger charge is 2.45. The van der Waals surface area contributed by atoms with Gasteiger partial charge in [-0.3, -0.25) is 14.5 Å². The number of aromatic amines is 1. The molecule has 5 rings (SSSR count). The minimum atomic E-state index is -0.750. The summed E-state index contributed by atoms with van der Waals surface area (Å²) in [6.45, 7) is 2.43. The number of fused-ring (bicyclic) bond motifs is 1. The van der Waals surface area contributed by atoms with Crippen molar-refractivity contribution >= 4 is 28.3 Å². The molecule has 1 atom stereocenters. The summed E-state index contributed by atoms with van der Waals surface area (Å²) in [6, 6.07) is 23.8. The summed E-state index contributed by atoms with van der Waals surface area (Å²) < 4.78 is 5.54. The molecule has 0 saturated carbocycles. The number of para-hydroxylation sites is 1. The number of benzene rings is 3. The zero-order chi connectivity index (χ0) is 24.4. The monoisotopic (exact) mass is 466 g/mol. The summed E-state index contributed by atoms with van der Waals surface area (Å²) in [6.07, 6.45) is 2.52. The van der Waals surface area contributed by atoms with Crippen molar-refractivity contribution < 1.29 is 19.4 Å². The molecule has 6 heteroatoms. The number of hydrogen-bond acceptors (Lipinski definition) is 4. The highest BCUT2D eigenvalue weighted by Crippen LogP contribution is 2.43. The van der Waals surface area contributed by atoms with Gasteiger partial charge in [-0.2, -0.15) is 0 Å². The second-order valence-electron chi connectivity index (χ2n) is 8.47. The normalized spacial score (nSPS) is 15.7. The predicted octanol–water partition coefficient (Wildman–Crippen LogP) is 5.67. The first-order valence-corrected chi connectivity index (χ1v) is 11.7. The maximum absolute atomic E-state index is 13.5. The fraction of sp³-hybridized carbons (Fsp3) is 0.172. The van der Waals surface area contributed by atoms with E-state index in [2.05, 4.69) is 4.98 Å². The molecule has 0 bridgehead atoms. The van der Waals surface area contributed by atoms with Crippen molar-refractivity contribution in [3.63, 3.8) is 0 Å². The second-order valence-corrected chi connectivity index (χ2v) is 8.47. The smallest absolute Gasteiger partial charge is 0.294 e. The number of aliphatic hydroxyl groups excluding tert-OH is 1.